The van der Waals surface area contributed by atoms with Crippen LogP contribution in [-0.4, -0.2) is 36.0 Å². The molecule has 1 heterocycles. The highest BCUT2D eigenvalue weighted by Gasteiger charge is 2.20. The number of nitrogens with zero attached hydrogens (tertiary/aromatic N) is 3. The number of hydrogen-bond acceptors (Lipinski definition) is 5. The number of nitro benzene ring substituents is 1. The highest BCUT2D eigenvalue weighted by Crippen LogP contribution is 2.24. The normalized spacial score (nSPS) is 19.4. The van der Waals surface area contributed by atoms with Gasteiger partial charge in [-0.2, -0.15) is 5.26 Å². The van der Waals surface area contributed by atoms with Crippen LogP contribution >= 0.6 is 0 Å². The number of nitro groups is 1. The van der Waals surface area contributed by atoms with Crippen molar-refractivity contribution < 1.29 is 4.92 Å². The summed E-state index contributed by atoms with van der Waals surface area (Å²) in [4.78, 5) is 12.5. The minimum absolute atomic E-state index is 0.0917. The first kappa shape index (κ1) is 12.3. The summed E-state index contributed by atoms with van der Waals surface area (Å²) >= 11 is 0. The number of benzene rings is 1. The molecule has 0 saturated carbocycles. The SMILES string of the molecule is CN1CCC(Nc2ccc(C#N)c([N+](=O)[O-])c2)C1. The minimum Gasteiger partial charge on any atom is -0.381 e. The van der Waals surface area contributed by atoms with Gasteiger partial charge in [0.2, 0.25) is 0 Å². The van der Waals surface area contributed by atoms with E-state index >= 15 is 0 Å². The van der Waals surface area contributed by atoms with Crippen LogP contribution in [0.2, 0.25) is 0 Å². The zero-order chi connectivity index (χ0) is 13.1. The Morgan fingerprint density at radius 2 is 2.39 bits per heavy atom. The van der Waals surface area contributed by atoms with Crippen LogP contribution in [0.3, 0.4) is 0 Å². The molecule has 6 nitrogen and oxygen atoms in total. The Morgan fingerprint density at radius 1 is 1.61 bits per heavy atom. The lowest BCUT2D eigenvalue weighted by atomic mass is 10.1. The quantitative estimate of drug-likeness (QED) is 0.646. The summed E-state index contributed by atoms with van der Waals surface area (Å²) in [7, 11) is 2.04. The predicted molar refractivity (Wildman–Crippen MR) is 67.3 cm³/mol. The third-order valence-corrected chi connectivity index (χ3v) is 3.08. The van der Waals surface area contributed by atoms with Crippen molar-refractivity contribution in [3.8, 4) is 6.07 Å². The summed E-state index contributed by atoms with van der Waals surface area (Å²) in [6.07, 6.45) is 1.02. The van der Waals surface area contributed by atoms with Crippen LogP contribution in [0, 0.1) is 21.4 Å². The third-order valence-electron chi connectivity index (χ3n) is 3.08. The van der Waals surface area contributed by atoms with Gasteiger partial charge in [-0.05, 0) is 32.1 Å². The van der Waals surface area contributed by atoms with Gasteiger partial charge in [0.1, 0.15) is 11.6 Å². The number of hydrogen-bond donors (Lipinski definition) is 1. The molecule has 1 fully saturated rings. The van der Waals surface area contributed by atoms with Gasteiger partial charge >= 0.3 is 0 Å². The fourth-order valence-corrected chi connectivity index (χ4v) is 2.16. The predicted octanol–water partition coefficient (Wildman–Crippen LogP) is 1.58. The van der Waals surface area contributed by atoms with E-state index in [1.54, 1.807) is 6.07 Å². The first-order valence-electron chi connectivity index (χ1n) is 5.74. The van der Waals surface area contributed by atoms with E-state index in [1.165, 1.54) is 12.1 Å². The topological polar surface area (TPSA) is 82.2 Å². The van der Waals surface area contributed by atoms with Gasteiger partial charge < -0.3 is 10.2 Å². The number of likely N-dealkylation sites (tertiary alicyclic amines) is 1. The van der Waals surface area contributed by atoms with Gasteiger partial charge in [0.25, 0.3) is 5.69 Å². The molecule has 94 valence electrons. The molecule has 2 rings (SSSR count). The summed E-state index contributed by atoms with van der Waals surface area (Å²) in [5, 5.41) is 22.9. The van der Waals surface area contributed by atoms with E-state index in [9.17, 15) is 10.1 Å². The molecule has 18 heavy (non-hydrogen) atoms. The Kier molecular flexibility index (Phi) is 3.44. The van der Waals surface area contributed by atoms with Crippen molar-refractivity contribution in [2.45, 2.75) is 12.5 Å². The van der Waals surface area contributed by atoms with E-state index < -0.39 is 4.92 Å². The second-order valence-electron chi connectivity index (χ2n) is 4.49. The Balaban J connectivity index is 2.17. The highest BCUT2D eigenvalue weighted by molar-refractivity contribution is 5.59. The summed E-state index contributed by atoms with van der Waals surface area (Å²) in [5.74, 6) is 0. The molecule has 1 saturated heterocycles. The smallest absolute Gasteiger partial charge is 0.289 e. The molecule has 1 aliphatic rings. The Morgan fingerprint density at radius 3 is 2.94 bits per heavy atom. The van der Waals surface area contributed by atoms with Gasteiger partial charge in [-0.25, -0.2) is 0 Å². The molecule has 0 bridgehead atoms. The molecule has 1 aromatic rings. The molecule has 0 aliphatic carbocycles. The average Bonchev–Trinajstić information content (AvgIpc) is 2.74. The van der Waals surface area contributed by atoms with Crippen molar-refractivity contribution in [1.82, 2.24) is 4.90 Å². The largest absolute Gasteiger partial charge is 0.381 e. The lowest BCUT2D eigenvalue weighted by Gasteiger charge is -2.14. The van der Waals surface area contributed by atoms with E-state index in [0.717, 1.165) is 19.5 Å². The second-order valence-corrected chi connectivity index (χ2v) is 4.49. The van der Waals surface area contributed by atoms with E-state index in [0.29, 0.717) is 11.7 Å². The average molecular weight is 246 g/mol. The standard InChI is InChI=1S/C12H14N4O2/c1-15-5-4-11(8-15)14-10-3-2-9(7-13)12(6-10)16(17)18/h2-3,6,11,14H,4-5,8H2,1H3. The molecule has 0 radical (unpaired) electrons. The van der Waals surface area contributed by atoms with E-state index in [4.69, 9.17) is 5.26 Å². The molecule has 1 aliphatic heterocycles. The second kappa shape index (κ2) is 5.02. The van der Waals surface area contributed by atoms with Crippen molar-refractivity contribution in [3.05, 3.63) is 33.9 Å². The molecule has 1 atom stereocenters. The van der Waals surface area contributed by atoms with Crippen molar-refractivity contribution >= 4 is 11.4 Å². The number of rotatable bonds is 3. The van der Waals surface area contributed by atoms with Crippen LogP contribution in [0.4, 0.5) is 11.4 Å². The number of nitriles is 1. The first-order chi connectivity index (χ1) is 8.60. The van der Waals surface area contributed by atoms with Crippen LogP contribution in [0.1, 0.15) is 12.0 Å². The van der Waals surface area contributed by atoms with Gasteiger partial charge in [0, 0.05) is 24.3 Å². The highest BCUT2D eigenvalue weighted by atomic mass is 16.6. The maximum Gasteiger partial charge on any atom is 0.289 e. The minimum atomic E-state index is -0.523. The molecule has 0 spiro atoms. The van der Waals surface area contributed by atoms with Gasteiger partial charge in [-0.3, -0.25) is 10.1 Å². The van der Waals surface area contributed by atoms with Crippen LogP contribution in [-0.2, 0) is 0 Å². The Labute approximate surface area is 105 Å². The number of likely N-dealkylation sites (N-methyl/N-ethyl adjacent to an activating group) is 1. The number of nitrogens with one attached hydrogen (secondary N) is 1. The van der Waals surface area contributed by atoms with Crippen LogP contribution in [0.5, 0.6) is 0 Å². The first-order valence-corrected chi connectivity index (χ1v) is 5.74. The molecule has 1 aromatic carbocycles. The Bertz CT molecular complexity index is 509. The lowest BCUT2D eigenvalue weighted by Crippen LogP contribution is -2.23. The zero-order valence-electron chi connectivity index (χ0n) is 10.1. The number of anilines is 1. The molecule has 0 amide bonds. The van der Waals surface area contributed by atoms with Gasteiger partial charge in [0.15, 0.2) is 0 Å². The van der Waals surface area contributed by atoms with E-state index in [-0.39, 0.29) is 11.3 Å². The van der Waals surface area contributed by atoms with Gasteiger partial charge in [-0.1, -0.05) is 0 Å². The van der Waals surface area contributed by atoms with Crippen molar-refractivity contribution in [3.63, 3.8) is 0 Å². The van der Waals surface area contributed by atoms with Crippen molar-refractivity contribution in [2.75, 3.05) is 25.5 Å². The van der Waals surface area contributed by atoms with Crippen molar-refractivity contribution in [2.24, 2.45) is 0 Å². The molecule has 1 N–H and O–H groups in total. The molecule has 1 unspecified atom stereocenters. The maximum absolute atomic E-state index is 10.8. The fraction of sp³-hybridized carbons (Fsp3) is 0.417. The Hall–Kier alpha value is -2.13. The van der Waals surface area contributed by atoms with Crippen molar-refractivity contribution in [1.29, 1.82) is 5.26 Å². The lowest BCUT2D eigenvalue weighted by molar-refractivity contribution is -0.385. The third kappa shape index (κ3) is 2.57. The summed E-state index contributed by atoms with van der Waals surface area (Å²) in [6.45, 7) is 1.95. The zero-order valence-corrected chi connectivity index (χ0v) is 10.1. The molecule has 6 heteroatoms. The summed E-state index contributed by atoms with van der Waals surface area (Å²) < 4.78 is 0. The van der Waals surface area contributed by atoms with Crippen LogP contribution in [0.25, 0.3) is 0 Å². The molecule has 0 aromatic heterocycles. The summed E-state index contributed by atoms with van der Waals surface area (Å²) in [5.41, 5.74) is 0.643. The van der Waals surface area contributed by atoms with E-state index in [1.807, 2.05) is 13.1 Å². The van der Waals surface area contributed by atoms with Crippen LogP contribution in [0.15, 0.2) is 18.2 Å². The molecular weight excluding hydrogens is 232 g/mol. The summed E-state index contributed by atoms with van der Waals surface area (Å²) in [6, 6.07) is 6.76. The molecular formula is C12H14N4O2. The monoisotopic (exact) mass is 246 g/mol. The van der Waals surface area contributed by atoms with Gasteiger partial charge in [0.05, 0.1) is 4.92 Å². The maximum atomic E-state index is 10.8. The van der Waals surface area contributed by atoms with Crippen LogP contribution < -0.4 is 5.32 Å². The fourth-order valence-electron chi connectivity index (χ4n) is 2.16. The van der Waals surface area contributed by atoms with E-state index in [2.05, 4.69) is 10.2 Å². The van der Waals surface area contributed by atoms with Gasteiger partial charge in [-0.15, -0.1) is 0 Å².